The molecule has 0 fully saturated rings. The molecule has 0 spiro atoms. The molecule has 0 saturated carbocycles. The Morgan fingerprint density at radius 1 is 1.47 bits per heavy atom. The highest BCUT2D eigenvalue weighted by atomic mass is 19.1. The molecule has 1 aromatic rings. The lowest BCUT2D eigenvalue weighted by Crippen LogP contribution is -2.42. The monoisotopic (exact) mass is 240 g/mol. The average molecular weight is 240 g/mol. The molecule has 1 rings (SSSR count). The van der Waals surface area contributed by atoms with Crippen LogP contribution >= 0.6 is 0 Å². The molecule has 3 N–H and O–H groups in total. The average Bonchev–Trinajstić information content (AvgIpc) is 2.23. The Kier molecular flexibility index (Phi) is 4.03. The standard InChI is InChI=1S/C11H13FN2O3/c1-6-4-3-5-8(9(6)12)17-7(2)10(15)14-11(13)16/h3-5,7H,1-2H3,(H3,13,14,15,16). The lowest BCUT2D eigenvalue weighted by Gasteiger charge is -2.14. The van der Waals surface area contributed by atoms with Gasteiger partial charge in [-0.1, -0.05) is 12.1 Å². The number of benzene rings is 1. The highest BCUT2D eigenvalue weighted by molar-refractivity contribution is 5.95. The predicted molar refractivity (Wildman–Crippen MR) is 59.0 cm³/mol. The number of hydrogen-bond donors (Lipinski definition) is 2. The van der Waals surface area contributed by atoms with Crippen molar-refractivity contribution in [2.24, 2.45) is 5.73 Å². The van der Waals surface area contributed by atoms with E-state index in [4.69, 9.17) is 10.5 Å². The third-order valence-electron chi connectivity index (χ3n) is 2.08. The number of nitrogens with one attached hydrogen (secondary N) is 1. The first-order valence-electron chi connectivity index (χ1n) is 4.94. The summed E-state index contributed by atoms with van der Waals surface area (Å²) in [6, 6.07) is 3.61. The van der Waals surface area contributed by atoms with Gasteiger partial charge in [0.2, 0.25) is 0 Å². The van der Waals surface area contributed by atoms with Gasteiger partial charge < -0.3 is 10.5 Å². The fraction of sp³-hybridized carbons (Fsp3) is 0.273. The van der Waals surface area contributed by atoms with Crippen molar-refractivity contribution in [1.82, 2.24) is 5.32 Å². The fourth-order valence-electron chi connectivity index (χ4n) is 1.18. The van der Waals surface area contributed by atoms with Crippen LogP contribution in [0.4, 0.5) is 9.18 Å². The molecule has 6 heteroatoms. The summed E-state index contributed by atoms with van der Waals surface area (Å²) in [5, 5.41) is 1.85. The van der Waals surface area contributed by atoms with Crippen LogP contribution in [0.3, 0.4) is 0 Å². The number of halogens is 1. The van der Waals surface area contributed by atoms with E-state index >= 15 is 0 Å². The van der Waals surface area contributed by atoms with Crippen LogP contribution < -0.4 is 15.8 Å². The maximum Gasteiger partial charge on any atom is 0.318 e. The molecule has 0 radical (unpaired) electrons. The van der Waals surface area contributed by atoms with Crippen LogP contribution in [0, 0.1) is 12.7 Å². The van der Waals surface area contributed by atoms with Crippen molar-refractivity contribution in [3.63, 3.8) is 0 Å². The van der Waals surface area contributed by atoms with Crippen LogP contribution in [0.15, 0.2) is 18.2 Å². The molecule has 0 saturated heterocycles. The van der Waals surface area contributed by atoms with Crippen molar-refractivity contribution >= 4 is 11.9 Å². The van der Waals surface area contributed by atoms with Crippen LogP contribution in [0.1, 0.15) is 12.5 Å². The molecule has 0 aliphatic rings. The molecular formula is C11H13FN2O3. The van der Waals surface area contributed by atoms with E-state index in [1.165, 1.54) is 13.0 Å². The van der Waals surface area contributed by atoms with Gasteiger partial charge in [-0.15, -0.1) is 0 Å². The second-order valence-corrected chi connectivity index (χ2v) is 3.50. The number of carbonyl (C=O) groups is 2. The van der Waals surface area contributed by atoms with E-state index in [2.05, 4.69) is 0 Å². The second-order valence-electron chi connectivity index (χ2n) is 3.50. The summed E-state index contributed by atoms with van der Waals surface area (Å²) in [7, 11) is 0. The van der Waals surface area contributed by atoms with Crippen molar-refractivity contribution in [2.75, 3.05) is 0 Å². The number of hydrogen-bond acceptors (Lipinski definition) is 3. The minimum absolute atomic E-state index is 0.0443. The summed E-state index contributed by atoms with van der Waals surface area (Å²) in [6.45, 7) is 2.97. The molecule has 5 nitrogen and oxygen atoms in total. The van der Waals surface area contributed by atoms with E-state index in [1.54, 1.807) is 19.1 Å². The van der Waals surface area contributed by atoms with Gasteiger partial charge in [0.05, 0.1) is 0 Å². The molecule has 1 atom stereocenters. The maximum absolute atomic E-state index is 13.5. The lowest BCUT2D eigenvalue weighted by molar-refractivity contribution is -0.126. The summed E-state index contributed by atoms with van der Waals surface area (Å²) in [6.07, 6.45) is -1.02. The number of ether oxygens (including phenoxy) is 1. The smallest absolute Gasteiger partial charge is 0.318 e. The number of imide groups is 1. The normalized spacial score (nSPS) is 11.7. The molecule has 0 heterocycles. The van der Waals surface area contributed by atoms with Gasteiger partial charge in [-0.2, -0.15) is 0 Å². The Morgan fingerprint density at radius 3 is 2.71 bits per heavy atom. The predicted octanol–water partition coefficient (Wildman–Crippen LogP) is 1.10. The van der Waals surface area contributed by atoms with E-state index < -0.39 is 23.9 Å². The minimum Gasteiger partial charge on any atom is -0.478 e. The molecule has 1 aromatic carbocycles. The van der Waals surface area contributed by atoms with Gasteiger partial charge in [-0.05, 0) is 25.5 Å². The van der Waals surface area contributed by atoms with E-state index in [9.17, 15) is 14.0 Å². The molecular weight excluding hydrogens is 227 g/mol. The Balaban J connectivity index is 2.74. The fourth-order valence-corrected chi connectivity index (χ4v) is 1.18. The van der Waals surface area contributed by atoms with Crippen LogP contribution in [0.25, 0.3) is 0 Å². The Morgan fingerprint density at radius 2 is 2.12 bits per heavy atom. The second kappa shape index (κ2) is 5.29. The number of amides is 3. The molecule has 1 unspecified atom stereocenters. The van der Waals surface area contributed by atoms with Crippen molar-refractivity contribution < 1.29 is 18.7 Å². The number of nitrogens with two attached hydrogens (primary N) is 1. The van der Waals surface area contributed by atoms with Gasteiger partial charge in [0.25, 0.3) is 5.91 Å². The van der Waals surface area contributed by atoms with Gasteiger partial charge in [0, 0.05) is 0 Å². The van der Waals surface area contributed by atoms with E-state index in [0.717, 1.165) is 0 Å². The van der Waals surface area contributed by atoms with Gasteiger partial charge in [0.15, 0.2) is 17.7 Å². The molecule has 0 aliphatic heterocycles. The summed E-state index contributed by atoms with van der Waals surface area (Å²) in [5.74, 6) is -1.30. The van der Waals surface area contributed by atoms with Gasteiger partial charge in [-0.25, -0.2) is 9.18 Å². The summed E-state index contributed by atoms with van der Waals surface area (Å²) in [5.41, 5.74) is 5.19. The highest BCUT2D eigenvalue weighted by Crippen LogP contribution is 2.20. The highest BCUT2D eigenvalue weighted by Gasteiger charge is 2.18. The number of aryl methyl sites for hydroxylation is 1. The van der Waals surface area contributed by atoms with E-state index in [-0.39, 0.29) is 5.75 Å². The van der Waals surface area contributed by atoms with Crippen LogP contribution in [-0.2, 0) is 4.79 Å². The topological polar surface area (TPSA) is 81.4 Å². The van der Waals surface area contributed by atoms with Crippen molar-refractivity contribution in [3.05, 3.63) is 29.6 Å². The first-order chi connectivity index (χ1) is 7.91. The Hall–Kier alpha value is -2.11. The summed E-state index contributed by atoms with van der Waals surface area (Å²) < 4.78 is 18.6. The maximum atomic E-state index is 13.5. The molecule has 92 valence electrons. The van der Waals surface area contributed by atoms with Gasteiger partial charge in [-0.3, -0.25) is 10.1 Å². The Bertz CT molecular complexity index is 448. The third kappa shape index (κ3) is 3.44. The molecule has 0 aromatic heterocycles. The van der Waals surface area contributed by atoms with Crippen molar-refractivity contribution in [3.8, 4) is 5.75 Å². The Labute approximate surface area is 97.7 Å². The van der Waals surface area contributed by atoms with Gasteiger partial charge >= 0.3 is 6.03 Å². The lowest BCUT2D eigenvalue weighted by atomic mass is 10.2. The zero-order valence-electron chi connectivity index (χ0n) is 9.49. The number of rotatable bonds is 3. The zero-order chi connectivity index (χ0) is 13.0. The largest absolute Gasteiger partial charge is 0.478 e. The first kappa shape index (κ1) is 13.0. The quantitative estimate of drug-likeness (QED) is 0.829. The zero-order valence-corrected chi connectivity index (χ0v) is 9.49. The van der Waals surface area contributed by atoms with Crippen LogP contribution in [0.2, 0.25) is 0 Å². The number of primary amides is 1. The summed E-state index contributed by atoms with van der Waals surface area (Å²) >= 11 is 0. The van der Waals surface area contributed by atoms with Crippen molar-refractivity contribution in [1.29, 1.82) is 0 Å². The minimum atomic E-state index is -1.02. The number of urea groups is 1. The molecule has 0 bridgehead atoms. The first-order valence-corrected chi connectivity index (χ1v) is 4.94. The van der Waals surface area contributed by atoms with E-state index in [1.807, 2.05) is 5.32 Å². The SMILES string of the molecule is Cc1cccc(OC(C)C(=O)NC(N)=O)c1F. The molecule has 0 aliphatic carbocycles. The van der Waals surface area contributed by atoms with Crippen LogP contribution in [-0.4, -0.2) is 18.0 Å². The number of carbonyl (C=O) groups excluding carboxylic acids is 2. The molecule has 17 heavy (non-hydrogen) atoms. The van der Waals surface area contributed by atoms with E-state index in [0.29, 0.717) is 5.56 Å². The van der Waals surface area contributed by atoms with Crippen LogP contribution in [0.5, 0.6) is 5.75 Å². The van der Waals surface area contributed by atoms with Gasteiger partial charge in [0.1, 0.15) is 0 Å². The molecule has 3 amide bonds. The third-order valence-corrected chi connectivity index (χ3v) is 2.08. The summed E-state index contributed by atoms with van der Waals surface area (Å²) in [4.78, 5) is 21.7. The van der Waals surface area contributed by atoms with Crippen molar-refractivity contribution in [2.45, 2.75) is 20.0 Å².